The molecule has 0 bridgehead atoms. The van der Waals surface area contributed by atoms with Crippen LogP contribution in [0.1, 0.15) is 4.88 Å². The number of nitrogens with one attached hydrogen (secondary N) is 1. The molecule has 140 valence electrons. The van der Waals surface area contributed by atoms with Gasteiger partial charge >= 0.3 is 0 Å². The van der Waals surface area contributed by atoms with Crippen molar-refractivity contribution in [3.8, 4) is 28.0 Å². The van der Waals surface area contributed by atoms with E-state index in [9.17, 15) is 10.1 Å². The van der Waals surface area contributed by atoms with Gasteiger partial charge in [-0.15, -0.1) is 11.3 Å². The summed E-state index contributed by atoms with van der Waals surface area (Å²) in [6.45, 7) is 0. The number of nitrogens with zero attached hydrogens (tertiary/aromatic N) is 1. The Labute approximate surface area is 167 Å². The fraction of sp³-hybridized carbons (Fsp3) is 0.0909. The molecule has 0 saturated heterocycles. The molecule has 0 fully saturated rings. The molecule has 0 aliphatic rings. The second-order valence-electron chi connectivity index (χ2n) is 5.76. The number of hydrogen-bond acceptors (Lipinski definition) is 5. The lowest BCUT2D eigenvalue weighted by molar-refractivity contribution is -0.112. The molecule has 6 heteroatoms. The van der Waals surface area contributed by atoms with Crippen molar-refractivity contribution in [2.24, 2.45) is 0 Å². The van der Waals surface area contributed by atoms with Crippen LogP contribution in [0.15, 0.2) is 66.2 Å². The monoisotopic (exact) mass is 390 g/mol. The first-order valence-electron chi connectivity index (χ1n) is 8.45. The second-order valence-corrected chi connectivity index (χ2v) is 6.88. The predicted molar refractivity (Wildman–Crippen MR) is 112 cm³/mol. The molecule has 3 rings (SSSR count). The van der Waals surface area contributed by atoms with Gasteiger partial charge in [-0.2, -0.15) is 5.26 Å². The maximum Gasteiger partial charge on any atom is 0.266 e. The summed E-state index contributed by atoms with van der Waals surface area (Å²) < 4.78 is 10.4. The first kappa shape index (κ1) is 19.2. The minimum absolute atomic E-state index is 0.0243. The van der Waals surface area contributed by atoms with Gasteiger partial charge in [0.1, 0.15) is 11.6 Å². The number of anilines is 1. The maximum absolute atomic E-state index is 12.5. The van der Waals surface area contributed by atoms with E-state index in [1.54, 1.807) is 24.3 Å². The smallest absolute Gasteiger partial charge is 0.266 e. The molecule has 0 aliphatic heterocycles. The van der Waals surface area contributed by atoms with Crippen LogP contribution < -0.4 is 14.8 Å². The van der Waals surface area contributed by atoms with E-state index in [2.05, 4.69) is 5.32 Å². The average Bonchev–Trinajstić information content (AvgIpc) is 3.21. The zero-order valence-corrected chi connectivity index (χ0v) is 16.2. The fourth-order valence-electron chi connectivity index (χ4n) is 2.59. The van der Waals surface area contributed by atoms with Gasteiger partial charge in [-0.1, -0.05) is 30.3 Å². The summed E-state index contributed by atoms with van der Waals surface area (Å²) in [7, 11) is 3.06. The van der Waals surface area contributed by atoms with Gasteiger partial charge in [0.05, 0.1) is 14.2 Å². The quantitative estimate of drug-likeness (QED) is 0.476. The van der Waals surface area contributed by atoms with E-state index in [4.69, 9.17) is 9.47 Å². The Hall–Kier alpha value is -3.56. The Morgan fingerprint density at radius 3 is 2.46 bits per heavy atom. The topological polar surface area (TPSA) is 71.3 Å². The summed E-state index contributed by atoms with van der Waals surface area (Å²) >= 11 is 1.52. The SMILES string of the molecule is COc1ccc(NC(=O)/C(C#N)=C/c2ccc(-c3ccccc3)s2)cc1OC. The van der Waals surface area contributed by atoms with E-state index in [1.165, 1.54) is 25.6 Å². The van der Waals surface area contributed by atoms with Gasteiger partial charge in [0.25, 0.3) is 5.91 Å². The van der Waals surface area contributed by atoms with Gasteiger partial charge in [0.2, 0.25) is 0 Å². The molecule has 1 amide bonds. The number of carbonyl (C=O) groups excluding carboxylic acids is 1. The third-order valence-electron chi connectivity index (χ3n) is 3.98. The molecule has 0 unspecified atom stereocenters. The van der Waals surface area contributed by atoms with Gasteiger partial charge < -0.3 is 14.8 Å². The summed E-state index contributed by atoms with van der Waals surface area (Å²) in [6.07, 6.45) is 1.59. The molecular weight excluding hydrogens is 372 g/mol. The van der Waals surface area contributed by atoms with Crippen LogP contribution in [0, 0.1) is 11.3 Å². The standard InChI is InChI=1S/C22H18N2O3S/c1-26-19-10-8-17(13-20(19)27-2)24-22(25)16(14-23)12-18-9-11-21(28-18)15-6-4-3-5-7-15/h3-13H,1-2H3,(H,24,25)/b16-12+. The number of thiophene rings is 1. The van der Waals surface area contributed by atoms with Crippen LogP contribution in [-0.2, 0) is 4.79 Å². The number of amides is 1. The highest BCUT2D eigenvalue weighted by atomic mass is 32.1. The second kappa shape index (κ2) is 8.89. The number of methoxy groups -OCH3 is 2. The lowest BCUT2D eigenvalue weighted by atomic mass is 10.2. The summed E-state index contributed by atoms with van der Waals surface area (Å²) in [5.74, 6) is 0.571. The Bertz CT molecular complexity index is 1050. The van der Waals surface area contributed by atoms with Crippen molar-refractivity contribution in [3.63, 3.8) is 0 Å². The van der Waals surface area contributed by atoms with Crippen LogP contribution in [-0.4, -0.2) is 20.1 Å². The highest BCUT2D eigenvalue weighted by Gasteiger charge is 2.12. The van der Waals surface area contributed by atoms with E-state index >= 15 is 0 Å². The van der Waals surface area contributed by atoms with Crippen molar-refractivity contribution < 1.29 is 14.3 Å². The molecule has 1 heterocycles. The highest BCUT2D eigenvalue weighted by molar-refractivity contribution is 7.16. The summed E-state index contributed by atoms with van der Waals surface area (Å²) in [4.78, 5) is 14.4. The van der Waals surface area contributed by atoms with Crippen molar-refractivity contribution in [3.05, 3.63) is 71.1 Å². The zero-order valence-electron chi connectivity index (χ0n) is 15.4. The van der Waals surface area contributed by atoms with Crippen molar-refractivity contribution >= 4 is 29.0 Å². The molecule has 5 nitrogen and oxygen atoms in total. The zero-order chi connectivity index (χ0) is 19.9. The molecule has 0 aliphatic carbocycles. The fourth-order valence-corrected chi connectivity index (χ4v) is 3.55. The number of hydrogen-bond donors (Lipinski definition) is 1. The molecule has 0 spiro atoms. The van der Waals surface area contributed by atoms with E-state index in [-0.39, 0.29) is 5.57 Å². The highest BCUT2D eigenvalue weighted by Crippen LogP contribution is 2.31. The molecule has 1 aromatic heterocycles. The van der Waals surface area contributed by atoms with Crippen molar-refractivity contribution in [1.29, 1.82) is 5.26 Å². The molecule has 0 saturated carbocycles. The number of carbonyl (C=O) groups is 1. The molecule has 0 radical (unpaired) electrons. The molecule has 3 aromatic rings. The van der Waals surface area contributed by atoms with Gasteiger partial charge in [-0.05, 0) is 35.9 Å². The minimum Gasteiger partial charge on any atom is -0.493 e. The lowest BCUT2D eigenvalue weighted by Crippen LogP contribution is -2.13. The van der Waals surface area contributed by atoms with Crippen molar-refractivity contribution in [1.82, 2.24) is 0 Å². The number of rotatable bonds is 6. The Morgan fingerprint density at radius 2 is 1.79 bits per heavy atom. The van der Waals surface area contributed by atoms with Gasteiger partial charge in [-0.3, -0.25) is 4.79 Å². The Kier molecular flexibility index (Phi) is 6.10. The maximum atomic E-state index is 12.5. The van der Waals surface area contributed by atoms with E-state index < -0.39 is 5.91 Å². The number of ether oxygens (including phenoxy) is 2. The van der Waals surface area contributed by atoms with Crippen LogP contribution in [0.5, 0.6) is 11.5 Å². The molecule has 28 heavy (non-hydrogen) atoms. The van der Waals surface area contributed by atoms with Gasteiger partial charge in [0, 0.05) is 21.5 Å². The first-order chi connectivity index (χ1) is 13.6. The molecular formula is C22H18N2O3S. The first-order valence-corrected chi connectivity index (χ1v) is 9.26. The van der Waals surface area contributed by atoms with Crippen LogP contribution in [0.25, 0.3) is 16.5 Å². The number of nitriles is 1. The normalized spacial score (nSPS) is 10.8. The van der Waals surface area contributed by atoms with E-state index in [1.807, 2.05) is 48.5 Å². The van der Waals surface area contributed by atoms with Crippen molar-refractivity contribution in [2.45, 2.75) is 0 Å². The third-order valence-corrected chi connectivity index (χ3v) is 5.06. The summed E-state index contributed by atoms with van der Waals surface area (Å²) in [6, 6.07) is 20.8. The number of benzene rings is 2. The molecule has 0 atom stereocenters. The summed E-state index contributed by atoms with van der Waals surface area (Å²) in [5, 5.41) is 12.1. The third kappa shape index (κ3) is 4.40. The molecule has 1 N–H and O–H groups in total. The minimum atomic E-state index is -0.482. The van der Waals surface area contributed by atoms with E-state index in [0.717, 1.165) is 15.3 Å². The van der Waals surface area contributed by atoms with Gasteiger partial charge in [-0.25, -0.2) is 0 Å². The predicted octanol–water partition coefficient (Wildman–Crippen LogP) is 4.98. The summed E-state index contributed by atoms with van der Waals surface area (Å²) in [5.41, 5.74) is 1.64. The van der Waals surface area contributed by atoms with Crippen LogP contribution in [0.4, 0.5) is 5.69 Å². The largest absolute Gasteiger partial charge is 0.493 e. The Morgan fingerprint density at radius 1 is 1.04 bits per heavy atom. The van der Waals surface area contributed by atoms with Crippen LogP contribution in [0.3, 0.4) is 0 Å². The molecule has 2 aromatic carbocycles. The lowest BCUT2D eigenvalue weighted by Gasteiger charge is -2.10. The van der Waals surface area contributed by atoms with Crippen LogP contribution in [0.2, 0.25) is 0 Å². The van der Waals surface area contributed by atoms with Crippen LogP contribution >= 0.6 is 11.3 Å². The average molecular weight is 390 g/mol. The van der Waals surface area contributed by atoms with Crippen molar-refractivity contribution in [2.75, 3.05) is 19.5 Å². The van der Waals surface area contributed by atoms with E-state index in [0.29, 0.717) is 17.2 Å². The van der Waals surface area contributed by atoms with Gasteiger partial charge in [0.15, 0.2) is 11.5 Å². The Balaban J connectivity index is 1.79.